The van der Waals surface area contributed by atoms with Gasteiger partial charge in [-0.25, -0.2) is 0 Å². The van der Waals surface area contributed by atoms with Gasteiger partial charge in [-0.1, -0.05) is 0 Å². The fourth-order valence-electron chi connectivity index (χ4n) is 1.54. The number of methoxy groups -OCH3 is 1. The zero-order chi connectivity index (χ0) is 9.52. The van der Waals surface area contributed by atoms with Crippen LogP contribution >= 0.6 is 0 Å². The number of nitrogens with zero attached hydrogens (tertiary/aromatic N) is 1. The van der Waals surface area contributed by atoms with Crippen molar-refractivity contribution in [1.82, 2.24) is 10.2 Å². The molecular formula is C9H17N2O2. The third-order valence-electron chi connectivity index (χ3n) is 2.28. The monoisotopic (exact) mass is 185 g/mol. The molecule has 1 unspecified atom stereocenters. The number of nitrogens with one attached hydrogen (secondary N) is 1. The summed E-state index contributed by atoms with van der Waals surface area (Å²) in [5, 5.41) is 3.17. The van der Waals surface area contributed by atoms with E-state index in [-0.39, 0.29) is 6.04 Å². The summed E-state index contributed by atoms with van der Waals surface area (Å²) in [6.07, 6.45) is 3.03. The van der Waals surface area contributed by atoms with Crippen LogP contribution in [0.5, 0.6) is 0 Å². The van der Waals surface area contributed by atoms with Crippen molar-refractivity contribution in [2.45, 2.75) is 12.5 Å². The SMILES string of the molecule is COCCCN1CCNCC1[C]=O. The Balaban J connectivity index is 2.23. The highest BCUT2D eigenvalue weighted by Gasteiger charge is 2.21. The highest BCUT2D eigenvalue weighted by Crippen LogP contribution is 2.01. The van der Waals surface area contributed by atoms with Crippen molar-refractivity contribution in [3.63, 3.8) is 0 Å². The fraction of sp³-hybridized carbons (Fsp3) is 0.889. The summed E-state index contributed by atoms with van der Waals surface area (Å²) < 4.78 is 4.96. The van der Waals surface area contributed by atoms with Gasteiger partial charge >= 0.3 is 0 Å². The van der Waals surface area contributed by atoms with Gasteiger partial charge in [0.25, 0.3) is 0 Å². The maximum Gasteiger partial charge on any atom is 0.218 e. The lowest BCUT2D eigenvalue weighted by molar-refractivity contribution is 0.152. The lowest BCUT2D eigenvalue weighted by Gasteiger charge is -2.32. The molecule has 1 aliphatic rings. The van der Waals surface area contributed by atoms with Gasteiger partial charge < -0.3 is 10.1 Å². The normalized spacial score (nSPS) is 24.5. The molecule has 75 valence electrons. The summed E-state index contributed by atoms with van der Waals surface area (Å²) >= 11 is 0. The first-order chi connectivity index (χ1) is 6.38. The van der Waals surface area contributed by atoms with Crippen LogP contribution in [0.1, 0.15) is 6.42 Å². The summed E-state index contributed by atoms with van der Waals surface area (Å²) in [5.41, 5.74) is 0. The lowest BCUT2D eigenvalue weighted by atomic mass is 10.2. The number of ether oxygens (including phenoxy) is 1. The van der Waals surface area contributed by atoms with Crippen LogP contribution in [-0.2, 0) is 9.53 Å². The van der Waals surface area contributed by atoms with Crippen molar-refractivity contribution in [1.29, 1.82) is 0 Å². The molecule has 0 saturated carbocycles. The largest absolute Gasteiger partial charge is 0.385 e. The standard InChI is InChI=1S/C9H17N2O2/c1-13-6-2-4-11-5-3-10-7-9(11)8-12/h9-10H,2-7H2,1H3. The average Bonchev–Trinajstić information content (AvgIpc) is 2.19. The summed E-state index contributed by atoms with van der Waals surface area (Å²) in [5.74, 6) is 0. The van der Waals surface area contributed by atoms with E-state index in [1.807, 2.05) is 0 Å². The van der Waals surface area contributed by atoms with E-state index in [1.54, 1.807) is 7.11 Å². The average molecular weight is 185 g/mol. The van der Waals surface area contributed by atoms with E-state index >= 15 is 0 Å². The van der Waals surface area contributed by atoms with Crippen LogP contribution in [0.15, 0.2) is 0 Å². The van der Waals surface area contributed by atoms with Crippen LogP contribution in [0.2, 0.25) is 0 Å². The fourth-order valence-corrected chi connectivity index (χ4v) is 1.54. The van der Waals surface area contributed by atoms with E-state index in [0.29, 0.717) is 0 Å². The van der Waals surface area contributed by atoms with Gasteiger partial charge in [-0.2, -0.15) is 0 Å². The number of carbonyl (C=O) groups excluding carboxylic acids is 1. The molecule has 0 amide bonds. The van der Waals surface area contributed by atoms with Gasteiger partial charge in [0, 0.05) is 39.9 Å². The molecule has 4 nitrogen and oxygen atoms in total. The van der Waals surface area contributed by atoms with Crippen LogP contribution < -0.4 is 5.32 Å². The van der Waals surface area contributed by atoms with Crippen LogP contribution in [-0.4, -0.2) is 57.1 Å². The van der Waals surface area contributed by atoms with Crippen LogP contribution in [0.3, 0.4) is 0 Å². The van der Waals surface area contributed by atoms with E-state index in [2.05, 4.69) is 16.5 Å². The minimum atomic E-state index is -0.0643. The van der Waals surface area contributed by atoms with Gasteiger partial charge in [0.2, 0.25) is 6.29 Å². The molecule has 1 fully saturated rings. The molecular weight excluding hydrogens is 168 g/mol. The number of hydrogen-bond acceptors (Lipinski definition) is 4. The third kappa shape index (κ3) is 3.42. The zero-order valence-corrected chi connectivity index (χ0v) is 8.08. The first-order valence-corrected chi connectivity index (χ1v) is 4.70. The molecule has 0 aromatic rings. The Labute approximate surface area is 79.2 Å². The van der Waals surface area contributed by atoms with Crippen molar-refractivity contribution in [2.24, 2.45) is 0 Å². The molecule has 0 bridgehead atoms. The topological polar surface area (TPSA) is 41.6 Å². The predicted molar refractivity (Wildman–Crippen MR) is 50.4 cm³/mol. The second-order valence-corrected chi connectivity index (χ2v) is 3.22. The molecule has 0 aliphatic carbocycles. The molecule has 4 heteroatoms. The maximum absolute atomic E-state index is 10.6. The molecule has 1 saturated heterocycles. The number of rotatable bonds is 5. The highest BCUT2D eigenvalue weighted by atomic mass is 16.5. The lowest BCUT2D eigenvalue weighted by Crippen LogP contribution is -2.52. The number of hydrogen-bond donors (Lipinski definition) is 1. The van der Waals surface area contributed by atoms with Crippen LogP contribution in [0, 0.1) is 0 Å². The Kier molecular flexibility index (Phi) is 4.97. The van der Waals surface area contributed by atoms with E-state index in [0.717, 1.165) is 39.2 Å². The van der Waals surface area contributed by atoms with Crippen LogP contribution in [0.25, 0.3) is 0 Å². The first-order valence-electron chi connectivity index (χ1n) is 4.70. The Morgan fingerprint density at radius 2 is 2.54 bits per heavy atom. The molecule has 1 aliphatic heterocycles. The van der Waals surface area contributed by atoms with E-state index < -0.39 is 0 Å². The minimum absolute atomic E-state index is 0.0643. The second kappa shape index (κ2) is 6.07. The van der Waals surface area contributed by atoms with Crippen LogP contribution in [0.4, 0.5) is 0 Å². The van der Waals surface area contributed by atoms with Crippen molar-refractivity contribution in [2.75, 3.05) is 39.9 Å². The van der Waals surface area contributed by atoms with Gasteiger partial charge in [-0.05, 0) is 6.42 Å². The second-order valence-electron chi connectivity index (χ2n) is 3.22. The quantitative estimate of drug-likeness (QED) is 0.581. The van der Waals surface area contributed by atoms with E-state index in [4.69, 9.17) is 4.74 Å². The number of piperazine rings is 1. The third-order valence-corrected chi connectivity index (χ3v) is 2.28. The maximum atomic E-state index is 10.6. The Morgan fingerprint density at radius 1 is 1.69 bits per heavy atom. The molecule has 1 heterocycles. The van der Waals surface area contributed by atoms with E-state index in [1.165, 1.54) is 0 Å². The van der Waals surface area contributed by atoms with Gasteiger partial charge in [0.1, 0.15) is 0 Å². The Hall–Kier alpha value is -0.450. The molecule has 1 rings (SSSR count). The van der Waals surface area contributed by atoms with Gasteiger partial charge in [-0.15, -0.1) is 0 Å². The summed E-state index contributed by atoms with van der Waals surface area (Å²) in [4.78, 5) is 12.7. The first kappa shape index (κ1) is 10.6. The van der Waals surface area contributed by atoms with Gasteiger partial charge in [0.15, 0.2) is 0 Å². The van der Waals surface area contributed by atoms with Crippen molar-refractivity contribution in [3.05, 3.63) is 0 Å². The van der Waals surface area contributed by atoms with Crippen molar-refractivity contribution >= 4 is 6.29 Å². The smallest absolute Gasteiger partial charge is 0.218 e. The molecule has 0 aromatic heterocycles. The summed E-state index contributed by atoms with van der Waals surface area (Å²) in [6, 6.07) is -0.0643. The molecule has 1 N–H and O–H groups in total. The van der Waals surface area contributed by atoms with Gasteiger partial charge in [-0.3, -0.25) is 9.69 Å². The Bertz CT molecular complexity index is 153. The predicted octanol–water partition coefficient (Wildman–Crippen LogP) is -0.594. The van der Waals surface area contributed by atoms with E-state index in [9.17, 15) is 4.79 Å². The summed E-state index contributed by atoms with van der Waals surface area (Å²) in [7, 11) is 1.70. The van der Waals surface area contributed by atoms with Gasteiger partial charge in [0.05, 0.1) is 6.04 Å². The molecule has 0 aromatic carbocycles. The molecule has 1 radical (unpaired) electrons. The van der Waals surface area contributed by atoms with Crippen molar-refractivity contribution in [3.8, 4) is 0 Å². The highest BCUT2D eigenvalue weighted by molar-refractivity contribution is 5.59. The summed E-state index contributed by atoms with van der Waals surface area (Å²) in [6.45, 7) is 4.32. The zero-order valence-electron chi connectivity index (χ0n) is 8.08. The molecule has 13 heavy (non-hydrogen) atoms. The molecule has 0 spiro atoms. The Morgan fingerprint density at radius 3 is 3.23 bits per heavy atom. The molecule has 1 atom stereocenters. The van der Waals surface area contributed by atoms with Crippen molar-refractivity contribution < 1.29 is 9.53 Å². The minimum Gasteiger partial charge on any atom is -0.385 e.